The summed E-state index contributed by atoms with van der Waals surface area (Å²) in [5.41, 5.74) is 3.05. The number of fused-ring (bicyclic) bond motifs is 2. The zero-order valence-corrected chi connectivity index (χ0v) is 24.2. The number of carbonyl (C=O) groups excluding carboxylic acids is 3. The molecule has 0 spiro atoms. The van der Waals surface area contributed by atoms with E-state index >= 15 is 0 Å². The molecule has 43 heavy (non-hydrogen) atoms. The summed E-state index contributed by atoms with van der Waals surface area (Å²) < 4.78 is 0.664. The number of β-lactam (4-membered cyclic amide) rings is 1. The lowest BCUT2D eigenvalue weighted by molar-refractivity contribution is -0.151. The fraction of sp³-hybridized carbons (Fsp3) is 0.192. The number of nitrogens with zero attached hydrogens (tertiary/aromatic N) is 4. The first-order chi connectivity index (χ1) is 20.7. The molecule has 14 nitrogen and oxygen atoms in total. The number of aliphatic carboxylic acids is 1. The highest BCUT2D eigenvalue weighted by molar-refractivity contribution is 8.01. The summed E-state index contributed by atoms with van der Waals surface area (Å²) in [4.78, 5) is 60.4. The van der Waals surface area contributed by atoms with Gasteiger partial charge in [0.25, 0.3) is 11.8 Å². The van der Waals surface area contributed by atoms with E-state index in [-0.39, 0.29) is 22.8 Å². The Balaban J connectivity index is 1.22. The number of hydrogen-bond acceptors (Lipinski definition) is 12. The topological polar surface area (TPSA) is 211 Å². The minimum Gasteiger partial charge on any atom is -0.508 e. The summed E-state index contributed by atoms with van der Waals surface area (Å²) in [5, 5.41) is 42.4. The average molecular weight is 640 g/mol. The van der Waals surface area contributed by atoms with Crippen LogP contribution in [-0.4, -0.2) is 87.0 Å². The van der Waals surface area contributed by atoms with Crippen LogP contribution in [0.5, 0.6) is 11.5 Å². The lowest BCUT2D eigenvalue weighted by Crippen LogP contribution is -2.71. The van der Waals surface area contributed by atoms with E-state index in [1.807, 2.05) is 0 Å². The number of thioether (sulfide) groups is 2. The minimum atomic E-state index is -1.50. The van der Waals surface area contributed by atoms with Crippen LogP contribution in [0.25, 0.3) is 11.0 Å². The predicted molar refractivity (Wildman–Crippen MR) is 156 cm³/mol. The van der Waals surface area contributed by atoms with E-state index in [0.29, 0.717) is 32.5 Å². The lowest BCUT2D eigenvalue weighted by atomic mass is 10.0. The number of H-pyrrole nitrogens is 1. The van der Waals surface area contributed by atoms with Crippen LogP contribution in [-0.2, 0) is 14.4 Å². The summed E-state index contributed by atoms with van der Waals surface area (Å²) in [5.74, 6) is -3.69. The number of carbonyl (C=O) groups is 4. The maximum absolute atomic E-state index is 13.6. The van der Waals surface area contributed by atoms with Crippen LogP contribution < -0.4 is 10.6 Å². The number of phenols is 2. The van der Waals surface area contributed by atoms with E-state index in [1.54, 1.807) is 29.8 Å². The molecule has 17 heteroatoms. The second-order valence-corrected chi connectivity index (χ2v) is 12.6. The monoisotopic (exact) mass is 639 g/mol. The van der Waals surface area contributed by atoms with Gasteiger partial charge in [-0.2, -0.15) is 0 Å². The maximum atomic E-state index is 13.6. The SMILES string of the molecule is O=C(O)C1=C(CSc2nncs2)CS[C@@H]2C(NC(=O)C(NC(=O)c3nc4ccccc4[nH]3)c3ccc(O)cc3O)C(=O)N12. The fourth-order valence-corrected chi connectivity index (χ4v) is 7.70. The van der Waals surface area contributed by atoms with Crippen LogP contribution in [0.15, 0.2) is 63.6 Å². The van der Waals surface area contributed by atoms with Crippen molar-refractivity contribution in [2.75, 3.05) is 11.5 Å². The van der Waals surface area contributed by atoms with E-state index in [4.69, 9.17) is 0 Å². The number of amides is 3. The molecule has 6 N–H and O–H groups in total. The molecule has 220 valence electrons. The molecule has 3 atom stereocenters. The number of imidazole rings is 1. The Kier molecular flexibility index (Phi) is 7.68. The van der Waals surface area contributed by atoms with E-state index < -0.39 is 46.9 Å². The van der Waals surface area contributed by atoms with Crippen molar-refractivity contribution in [1.29, 1.82) is 0 Å². The molecular weight excluding hydrogens is 619 g/mol. The number of carboxylic acid groups (broad SMARTS) is 1. The summed E-state index contributed by atoms with van der Waals surface area (Å²) in [7, 11) is 0. The van der Waals surface area contributed by atoms with Gasteiger partial charge >= 0.3 is 5.97 Å². The normalized spacial score (nSPS) is 18.6. The van der Waals surface area contributed by atoms with Gasteiger partial charge in [-0.3, -0.25) is 19.3 Å². The zero-order chi connectivity index (χ0) is 30.2. The number of benzene rings is 2. The number of aromatic amines is 1. The van der Waals surface area contributed by atoms with Gasteiger partial charge in [0.2, 0.25) is 5.91 Å². The van der Waals surface area contributed by atoms with Gasteiger partial charge in [0.05, 0.1) is 11.0 Å². The van der Waals surface area contributed by atoms with Crippen LogP contribution in [0.3, 0.4) is 0 Å². The second-order valence-electron chi connectivity index (χ2n) is 9.40. The van der Waals surface area contributed by atoms with E-state index in [1.165, 1.54) is 47.0 Å². The molecule has 2 aliphatic heterocycles. The van der Waals surface area contributed by atoms with Crippen molar-refractivity contribution < 1.29 is 34.5 Å². The third-order valence-electron chi connectivity index (χ3n) is 6.72. The predicted octanol–water partition coefficient (Wildman–Crippen LogP) is 1.83. The molecule has 0 radical (unpaired) electrons. The molecule has 4 heterocycles. The van der Waals surface area contributed by atoms with Crippen LogP contribution in [0.1, 0.15) is 22.2 Å². The molecule has 3 amide bonds. The molecule has 1 fully saturated rings. The van der Waals surface area contributed by atoms with Crippen molar-refractivity contribution in [1.82, 2.24) is 35.7 Å². The number of para-hydroxylation sites is 2. The van der Waals surface area contributed by atoms with Crippen LogP contribution in [0, 0.1) is 0 Å². The number of rotatable bonds is 9. The van der Waals surface area contributed by atoms with Gasteiger partial charge in [-0.15, -0.1) is 22.0 Å². The highest BCUT2D eigenvalue weighted by Crippen LogP contribution is 2.42. The quantitative estimate of drug-likeness (QED) is 0.114. The number of aromatic hydroxyl groups is 2. The standard InChI is InChI=1S/C26H21N7O7S3/c34-12-5-6-13(16(35)7-12)17(30-22(37)20-28-14-3-1-2-4-15(14)29-20)21(36)31-18-23(38)33-19(25(39)40)11(8-41-24(18)33)9-42-26-32-27-10-43-26/h1-7,10,17-18,24,34-35H,8-9H2,(H,28,29)(H,30,37)(H,31,36)(H,39,40)/t17?,18?,24-/m1/s1. The Morgan fingerprint density at radius 1 is 1.19 bits per heavy atom. The fourth-order valence-electron chi connectivity index (χ4n) is 4.73. The van der Waals surface area contributed by atoms with Gasteiger partial charge in [-0.1, -0.05) is 35.2 Å². The van der Waals surface area contributed by atoms with Crippen molar-refractivity contribution in [2.45, 2.75) is 21.8 Å². The average Bonchev–Trinajstić information content (AvgIpc) is 3.67. The zero-order valence-electron chi connectivity index (χ0n) is 21.8. The smallest absolute Gasteiger partial charge is 0.352 e. The first kappa shape index (κ1) is 28.5. The molecule has 2 unspecified atom stereocenters. The molecule has 1 saturated heterocycles. The number of nitrogens with one attached hydrogen (secondary N) is 3. The second kappa shape index (κ2) is 11.6. The number of hydrogen-bond donors (Lipinski definition) is 6. The van der Waals surface area contributed by atoms with Gasteiger partial charge in [-0.25, -0.2) is 9.78 Å². The summed E-state index contributed by atoms with van der Waals surface area (Å²) >= 11 is 3.93. The molecule has 4 aromatic rings. The van der Waals surface area contributed by atoms with Crippen LogP contribution >= 0.6 is 34.9 Å². The maximum Gasteiger partial charge on any atom is 0.352 e. The molecule has 2 aliphatic rings. The number of aromatic nitrogens is 4. The van der Waals surface area contributed by atoms with E-state index in [2.05, 4.69) is 30.8 Å². The van der Waals surface area contributed by atoms with Crippen molar-refractivity contribution in [3.63, 3.8) is 0 Å². The molecule has 6 rings (SSSR count). The largest absolute Gasteiger partial charge is 0.508 e. The first-order valence-corrected chi connectivity index (χ1v) is 15.5. The minimum absolute atomic E-state index is 0.0400. The Hall–Kier alpha value is -4.61. The molecule has 0 saturated carbocycles. The van der Waals surface area contributed by atoms with Crippen molar-refractivity contribution in [3.05, 3.63) is 70.6 Å². The van der Waals surface area contributed by atoms with Crippen molar-refractivity contribution in [3.8, 4) is 11.5 Å². The molecular formula is C26H21N7O7S3. The van der Waals surface area contributed by atoms with Crippen LogP contribution in [0.4, 0.5) is 0 Å². The van der Waals surface area contributed by atoms with Gasteiger partial charge < -0.3 is 30.9 Å². The molecule has 0 bridgehead atoms. The third-order valence-corrected chi connectivity index (χ3v) is 10.0. The van der Waals surface area contributed by atoms with E-state index in [0.717, 1.165) is 11.0 Å². The lowest BCUT2D eigenvalue weighted by Gasteiger charge is -2.49. The Bertz CT molecular complexity index is 1760. The van der Waals surface area contributed by atoms with Crippen molar-refractivity contribution in [2.24, 2.45) is 0 Å². The Labute approximate surface area is 254 Å². The van der Waals surface area contributed by atoms with Gasteiger partial charge in [0.15, 0.2) is 10.2 Å². The molecule has 0 aliphatic carbocycles. The van der Waals surface area contributed by atoms with Gasteiger partial charge in [0, 0.05) is 23.1 Å². The van der Waals surface area contributed by atoms with Crippen molar-refractivity contribution >= 4 is 69.6 Å². The molecule has 2 aromatic heterocycles. The van der Waals surface area contributed by atoms with Crippen LogP contribution in [0.2, 0.25) is 0 Å². The van der Waals surface area contributed by atoms with Gasteiger partial charge in [-0.05, 0) is 29.8 Å². The molecule has 2 aromatic carbocycles. The summed E-state index contributed by atoms with van der Waals surface area (Å²) in [6.45, 7) is 0. The Morgan fingerprint density at radius 2 is 2.00 bits per heavy atom. The number of phenolic OH excluding ortho intramolecular Hbond substituents is 2. The van der Waals surface area contributed by atoms with Gasteiger partial charge in [0.1, 0.15) is 40.2 Å². The third kappa shape index (κ3) is 5.49. The number of carboxylic acids is 1. The van der Waals surface area contributed by atoms with E-state index in [9.17, 15) is 34.5 Å². The first-order valence-electron chi connectivity index (χ1n) is 12.6. The highest BCUT2D eigenvalue weighted by Gasteiger charge is 2.54. The Morgan fingerprint density at radius 3 is 2.72 bits per heavy atom. The highest BCUT2D eigenvalue weighted by atomic mass is 32.2. The summed E-state index contributed by atoms with van der Waals surface area (Å²) in [6.07, 6.45) is 0. The summed E-state index contributed by atoms with van der Waals surface area (Å²) in [6, 6.07) is 7.89.